The predicted octanol–water partition coefficient (Wildman–Crippen LogP) is 1.84. The van der Waals surface area contributed by atoms with Crippen molar-refractivity contribution in [3.05, 3.63) is 41.8 Å². The molecule has 1 rings (SSSR count). The van der Waals surface area contributed by atoms with Gasteiger partial charge in [0.2, 0.25) is 6.36 Å². The molecule has 11 heavy (non-hydrogen) atoms. The second-order valence-electron chi connectivity index (χ2n) is 2.45. The Bertz CT molecular complexity index is 216. The van der Waals surface area contributed by atoms with E-state index in [0.29, 0.717) is 5.56 Å². The molecule has 0 aromatic heterocycles. The van der Waals surface area contributed by atoms with Crippen LogP contribution in [0, 0.1) is 13.3 Å². The third-order valence-electron chi connectivity index (χ3n) is 1.41. The minimum absolute atomic E-state index is 0.700. The van der Waals surface area contributed by atoms with Crippen LogP contribution in [0.4, 0.5) is 4.39 Å². The van der Waals surface area contributed by atoms with E-state index in [2.05, 4.69) is 0 Å². The summed E-state index contributed by atoms with van der Waals surface area (Å²) in [4.78, 5) is 0. The van der Waals surface area contributed by atoms with Crippen LogP contribution < -0.4 is 0 Å². The van der Waals surface area contributed by atoms with E-state index < -0.39 is 6.36 Å². The SMILES string of the molecule is Cc1ccc([CH]C(O)F)cc1. The molecular weight excluding hydrogens is 143 g/mol. The summed E-state index contributed by atoms with van der Waals surface area (Å²) >= 11 is 0. The van der Waals surface area contributed by atoms with Gasteiger partial charge in [0.05, 0.1) is 6.42 Å². The maximum absolute atomic E-state index is 12.0. The Kier molecular flexibility index (Phi) is 2.60. The Labute approximate surface area is 65.5 Å². The summed E-state index contributed by atoms with van der Waals surface area (Å²) in [5.74, 6) is 0. The van der Waals surface area contributed by atoms with E-state index in [-0.39, 0.29) is 0 Å². The lowest BCUT2D eigenvalue weighted by molar-refractivity contribution is 0.0760. The molecule has 0 fully saturated rings. The topological polar surface area (TPSA) is 20.2 Å². The van der Waals surface area contributed by atoms with Crippen molar-refractivity contribution in [3.8, 4) is 0 Å². The summed E-state index contributed by atoms with van der Waals surface area (Å²) in [6, 6.07) is 7.26. The standard InChI is InChI=1S/C9H10FO/c1-7-2-4-8(5-3-7)6-9(10)11/h2-6,9,11H,1H3. The van der Waals surface area contributed by atoms with Crippen molar-refractivity contribution in [1.29, 1.82) is 0 Å². The minimum Gasteiger partial charge on any atom is -0.364 e. The summed E-state index contributed by atoms with van der Waals surface area (Å²) in [5, 5.41) is 8.35. The van der Waals surface area contributed by atoms with Crippen molar-refractivity contribution in [2.75, 3.05) is 0 Å². The number of aliphatic hydroxyl groups excluding tert-OH is 1. The normalized spacial score (nSPS) is 13.0. The molecule has 59 valence electrons. The van der Waals surface area contributed by atoms with Crippen LogP contribution in [0.2, 0.25) is 0 Å². The van der Waals surface area contributed by atoms with E-state index in [1.807, 2.05) is 19.1 Å². The highest BCUT2D eigenvalue weighted by Gasteiger charge is 2.01. The Balaban J connectivity index is 2.66. The van der Waals surface area contributed by atoms with E-state index in [9.17, 15) is 4.39 Å². The first-order valence-electron chi connectivity index (χ1n) is 3.42. The van der Waals surface area contributed by atoms with Gasteiger partial charge in [-0.3, -0.25) is 0 Å². The van der Waals surface area contributed by atoms with Crippen LogP contribution in [-0.2, 0) is 0 Å². The molecular formula is C9H10FO. The molecule has 0 amide bonds. The van der Waals surface area contributed by atoms with Crippen molar-refractivity contribution < 1.29 is 9.50 Å². The van der Waals surface area contributed by atoms with Gasteiger partial charge in [0, 0.05) is 0 Å². The highest BCUT2D eigenvalue weighted by molar-refractivity contribution is 5.27. The number of aryl methyl sites for hydroxylation is 1. The molecule has 2 heteroatoms. The molecule has 1 N–H and O–H groups in total. The predicted molar refractivity (Wildman–Crippen MR) is 41.7 cm³/mol. The minimum atomic E-state index is -1.86. The second kappa shape index (κ2) is 3.49. The van der Waals surface area contributed by atoms with Gasteiger partial charge in [0.15, 0.2) is 0 Å². The lowest BCUT2D eigenvalue weighted by Gasteiger charge is -2.00. The summed E-state index contributed by atoms with van der Waals surface area (Å²) in [7, 11) is 0. The zero-order valence-electron chi connectivity index (χ0n) is 6.29. The molecule has 1 atom stereocenters. The van der Waals surface area contributed by atoms with Gasteiger partial charge in [-0.05, 0) is 12.5 Å². The molecule has 1 aromatic rings. The van der Waals surface area contributed by atoms with Crippen molar-refractivity contribution in [3.63, 3.8) is 0 Å². The summed E-state index contributed by atoms with van der Waals surface area (Å²) in [6.45, 7) is 1.95. The molecule has 0 aliphatic rings. The number of hydrogen-bond donors (Lipinski definition) is 1. The number of halogens is 1. The molecule has 1 aromatic carbocycles. The quantitative estimate of drug-likeness (QED) is 0.687. The molecule has 1 radical (unpaired) electrons. The van der Waals surface area contributed by atoms with Crippen molar-refractivity contribution in [2.24, 2.45) is 0 Å². The molecule has 1 nitrogen and oxygen atoms in total. The van der Waals surface area contributed by atoms with Crippen LogP contribution >= 0.6 is 0 Å². The average molecular weight is 153 g/mol. The second-order valence-corrected chi connectivity index (χ2v) is 2.45. The zero-order chi connectivity index (χ0) is 8.27. The lowest BCUT2D eigenvalue weighted by atomic mass is 10.1. The van der Waals surface area contributed by atoms with E-state index in [1.165, 1.54) is 0 Å². The van der Waals surface area contributed by atoms with E-state index >= 15 is 0 Å². The Morgan fingerprint density at radius 3 is 2.36 bits per heavy atom. The van der Waals surface area contributed by atoms with Crippen LogP contribution in [0.1, 0.15) is 11.1 Å². The van der Waals surface area contributed by atoms with Crippen LogP contribution in [0.15, 0.2) is 24.3 Å². The van der Waals surface area contributed by atoms with Gasteiger partial charge in [-0.2, -0.15) is 0 Å². The summed E-state index contributed by atoms with van der Waals surface area (Å²) in [5.41, 5.74) is 1.82. The Morgan fingerprint density at radius 2 is 1.91 bits per heavy atom. The van der Waals surface area contributed by atoms with Gasteiger partial charge in [-0.25, -0.2) is 4.39 Å². The van der Waals surface area contributed by atoms with Gasteiger partial charge in [0.1, 0.15) is 0 Å². The lowest BCUT2D eigenvalue weighted by Crippen LogP contribution is -1.98. The molecule has 0 heterocycles. The van der Waals surface area contributed by atoms with Gasteiger partial charge in [0.25, 0.3) is 0 Å². The molecule has 0 spiro atoms. The third kappa shape index (κ3) is 2.68. The smallest absolute Gasteiger partial charge is 0.204 e. The van der Waals surface area contributed by atoms with E-state index in [0.717, 1.165) is 12.0 Å². The van der Waals surface area contributed by atoms with Crippen LogP contribution in [0.5, 0.6) is 0 Å². The van der Waals surface area contributed by atoms with Gasteiger partial charge < -0.3 is 5.11 Å². The highest BCUT2D eigenvalue weighted by Crippen LogP contribution is 2.07. The third-order valence-corrected chi connectivity index (χ3v) is 1.41. The molecule has 0 saturated heterocycles. The number of benzene rings is 1. The number of alkyl halides is 1. The van der Waals surface area contributed by atoms with Gasteiger partial charge in [-0.15, -0.1) is 0 Å². The fraction of sp³-hybridized carbons (Fsp3) is 0.222. The summed E-state index contributed by atoms with van der Waals surface area (Å²) < 4.78 is 12.0. The Hall–Kier alpha value is -0.890. The van der Waals surface area contributed by atoms with Crippen molar-refractivity contribution >= 4 is 0 Å². The molecule has 1 unspecified atom stereocenters. The largest absolute Gasteiger partial charge is 0.364 e. The summed E-state index contributed by atoms with van der Waals surface area (Å²) in [6.07, 6.45) is -0.711. The van der Waals surface area contributed by atoms with E-state index in [4.69, 9.17) is 5.11 Å². The number of hydrogen-bond acceptors (Lipinski definition) is 1. The monoisotopic (exact) mass is 153 g/mol. The zero-order valence-corrected chi connectivity index (χ0v) is 6.29. The van der Waals surface area contributed by atoms with Gasteiger partial charge in [-0.1, -0.05) is 29.8 Å². The number of rotatable bonds is 2. The maximum atomic E-state index is 12.0. The first kappa shape index (κ1) is 8.21. The fourth-order valence-corrected chi connectivity index (χ4v) is 0.836. The van der Waals surface area contributed by atoms with Gasteiger partial charge >= 0.3 is 0 Å². The first-order valence-corrected chi connectivity index (χ1v) is 3.42. The molecule has 0 aliphatic carbocycles. The maximum Gasteiger partial charge on any atom is 0.204 e. The van der Waals surface area contributed by atoms with Crippen molar-refractivity contribution in [2.45, 2.75) is 13.3 Å². The Morgan fingerprint density at radius 1 is 1.36 bits per heavy atom. The average Bonchev–Trinajstić information content (AvgIpc) is 1.93. The molecule has 0 saturated carbocycles. The van der Waals surface area contributed by atoms with Crippen molar-refractivity contribution in [1.82, 2.24) is 0 Å². The van der Waals surface area contributed by atoms with Crippen LogP contribution in [0.25, 0.3) is 0 Å². The van der Waals surface area contributed by atoms with Crippen LogP contribution in [0.3, 0.4) is 0 Å². The fourth-order valence-electron chi connectivity index (χ4n) is 0.836. The van der Waals surface area contributed by atoms with E-state index in [1.54, 1.807) is 12.1 Å². The first-order chi connectivity index (χ1) is 5.18. The molecule has 0 bridgehead atoms. The molecule has 0 aliphatic heterocycles. The number of aliphatic hydroxyl groups is 1. The van der Waals surface area contributed by atoms with Crippen LogP contribution in [-0.4, -0.2) is 11.5 Å². The highest BCUT2D eigenvalue weighted by atomic mass is 19.1.